The van der Waals surface area contributed by atoms with Crippen LogP contribution in [-0.2, 0) is 0 Å². The van der Waals surface area contributed by atoms with Crippen molar-refractivity contribution in [2.75, 3.05) is 12.3 Å². The third-order valence-corrected chi connectivity index (χ3v) is 6.32. The molecule has 2 atom stereocenters. The average Bonchev–Trinajstić information content (AvgIpc) is 2.10. The minimum absolute atomic E-state index is 0.830. The van der Waals surface area contributed by atoms with Crippen molar-refractivity contribution in [2.24, 2.45) is 0 Å². The van der Waals surface area contributed by atoms with Gasteiger partial charge in [0, 0.05) is 16.5 Å². The first kappa shape index (κ1) is 12.9. The molecule has 0 nitrogen and oxygen atoms in total. The van der Waals surface area contributed by atoms with E-state index in [1.54, 1.807) is 0 Å². The predicted molar refractivity (Wildman–Crippen MR) is 66.8 cm³/mol. The molecule has 0 radical (unpaired) electrons. The van der Waals surface area contributed by atoms with Crippen molar-refractivity contribution in [1.82, 2.24) is 0 Å². The van der Waals surface area contributed by atoms with Crippen LogP contribution in [0.5, 0.6) is 0 Å². The van der Waals surface area contributed by atoms with E-state index in [0.29, 0.717) is 0 Å². The van der Waals surface area contributed by atoms with Gasteiger partial charge in [-0.05, 0) is 19.5 Å². The van der Waals surface area contributed by atoms with Crippen LogP contribution in [0.4, 0.5) is 0 Å². The van der Waals surface area contributed by atoms with Crippen molar-refractivity contribution in [1.29, 1.82) is 0 Å². The zero-order valence-corrected chi connectivity index (χ0v) is 10.9. The Morgan fingerprint density at radius 3 is 2.25 bits per heavy atom. The molecule has 74 valence electrons. The van der Waals surface area contributed by atoms with Gasteiger partial charge in [-0.15, -0.1) is 0 Å². The number of rotatable bonds is 9. The van der Waals surface area contributed by atoms with E-state index in [0.717, 1.165) is 8.27 Å². The van der Waals surface area contributed by atoms with Crippen LogP contribution in [0.3, 0.4) is 0 Å². The molecule has 0 spiro atoms. The first-order valence-corrected chi connectivity index (χ1v) is 9.30. The summed E-state index contributed by atoms with van der Waals surface area (Å²) in [6.45, 7) is 4.61. The standard InChI is InChI=1S/C10H24P2/c1-3-5-6-7-8-9-10-12-11-4-2/h11-12H,3-10H2,1-2H3/p+1. The summed E-state index contributed by atoms with van der Waals surface area (Å²) in [6.07, 6.45) is 11.8. The summed E-state index contributed by atoms with van der Waals surface area (Å²) in [7, 11) is 2.16. The Kier molecular flexibility index (Phi) is 12.7. The maximum atomic E-state index is 2.32. The first-order valence-electron chi connectivity index (χ1n) is 5.46. The van der Waals surface area contributed by atoms with Crippen LogP contribution in [0.25, 0.3) is 0 Å². The first-order chi connectivity index (χ1) is 5.91. The number of hydrogen-bond donors (Lipinski definition) is 0. The van der Waals surface area contributed by atoms with E-state index in [9.17, 15) is 0 Å². The van der Waals surface area contributed by atoms with Crippen LogP contribution in [0, 0.1) is 0 Å². The summed E-state index contributed by atoms with van der Waals surface area (Å²) >= 11 is 0. The molecule has 0 amide bonds. The normalized spacial score (nSPS) is 12.5. The van der Waals surface area contributed by atoms with Crippen molar-refractivity contribution in [3.05, 3.63) is 0 Å². The molecule has 0 fully saturated rings. The Hall–Kier alpha value is 0.860. The molecular weight excluding hydrogens is 182 g/mol. The van der Waals surface area contributed by atoms with Crippen LogP contribution in [0.1, 0.15) is 52.4 Å². The largest absolute Gasteiger partial charge is 0.0654 e. The highest BCUT2D eigenvalue weighted by Crippen LogP contribution is 2.36. The third kappa shape index (κ3) is 10.9. The topological polar surface area (TPSA) is 0 Å². The summed E-state index contributed by atoms with van der Waals surface area (Å²) in [6, 6.07) is 0. The van der Waals surface area contributed by atoms with E-state index >= 15 is 0 Å². The average molecular weight is 207 g/mol. The maximum Gasteiger partial charge on any atom is 0.0540 e. The van der Waals surface area contributed by atoms with Gasteiger partial charge in [0.05, 0.1) is 6.16 Å². The number of unbranched alkanes of at least 4 members (excludes halogenated alkanes) is 5. The molecule has 0 aromatic carbocycles. The van der Waals surface area contributed by atoms with Crippen molar-refractivity contribution >= 4 is 16.5 Å². The summed E-state index contributed by atoms with van der Waals surface area (Å²) in [4.78, 5) is 0. The fraction of sp³-hybridized carbons (Fsp3) is 1.00. The summed E-state index contributed by atoms with van der Waals surface area (Å²) < 4.78 is 0. The lowest BCUT2D eigenvalue weighted by molar-refractivity contribution is 0.627. The summed E-state index contributed by atoms with van der Waals surface area (Å²) in [5.41, 5.74) is 0. The van der Waals surface area contributed by atoms with E-state index in [1.165, 1.54) is 59.1 Å². The van der Waals surface area contributed by atoms with E-state index in [1.807, 2.05) is 0 Å². The summed E-state index contributed by atoms with van der Waals surface area (Å²) in [5, 5.41) is 0. The molecule has 0 aromatic heterocycles. The van der Waals surface area contributed by atoms with Crippen LogP contribution in [0.2, 0.25) is 0 Å². The molecule has 0 aliphatic carbocycles. The minimum atomic E-state index is 0.830. The van der Waals surface area contributed by atoms with Gasteiger partial charge in [0.2, 0.25) is 0 Å². The lowest BCUT2D eigenvalue weighted by atomic mass is 10.1. The quantitative estimate of drug-likeness (QED) is 0.389. The Morgan fingerprint density at radius 2 is 1.58 bits per heavy atom. The van der Waals surface area contributed by atoms with Gasteiger partial charge >= 0.3 is 0 Å². The molecular formula is C10H25P2+. The maximum absolute atomic E-state index is 2.32. The zero-order chi connectivity index (χ0) is 9.07. The van der Waals surface area contributed by atoms with Gasteiger partial charge < -0.3 is 0 Å². The Labute approximate surface area is 81.7 Å². The molecule has 0 aliphatic heterocycles. The van der Waals surface area contributed by atoms with E-state index in [4.69, 9.17) is 0 Å². The van der Waals surface area contributed by atoms with Gasteiger partial charge in [0.1, 0.15) is 0 Å². The lowest BCUT2D eigenvalue weighted by Gasteiger charge is -1.97. The number of hydrogen-bond acceptors (Lipinski definition) is 0. The lowest BCUT2D eigenvalue weighted by Crippen LogP contribution is -1.79. The monoisotopic (exact) mass is 207 g/mol. The fourth-order valence-electron chi connectivity index (χ4n) is 1.25. The van der Waals surface area contributed by atoms with Gasteiger partial charge in [-0.25, -0.2) is 0 Å². The van der Waals surface area contributed by atoms with Gasteiger partial charge in [-0.3, -0.25) is 0 Å². The second-order valence-corrected chi connectivity index (χ2v) is 7.92. The molecule has 0 rings (SSSR count). The van der Waals surface area contributed by atoms with Crippen LogP contribution in [0.15, 0.2) is 0 Å². The molecule has 2 unspecified atom stereocenters. The SMILES string of the molecule is CCCCCCCCP[PH2+]CC. The van der Waals surface area contributed by atoms with Crippen molar-refractivity contribution in [3.8, 4) is 0 Å². The van der Waals surface area contributed by atoms with Gasteiger partial charge in [0.15, 0.2) is 0 Å². The highest BCUT2D eigenvalue weighted by Gasteiger charge is 1.93. The molecule has 0 aliphatic rings. The summed E-state index contributed by atoms with van der Waals surface area (Å²) in [5.74, 6) is 0. The van der Waals surface area contributed by atoms with E-state index in [2.05, 4.69) is 13.8 Å². The molecule has 12 heavy (non-hydrogen) atoms. The molecule has 0 saturated carbocycles. The molecule has 0 N–H and O–H groups in total. The third-order valence-electron chi connectivity index (χ3n) is 2.02. The Bertz CT molecular complexity index is 64.2. The van der Waals surface area contributed by atoms with E-state index < -0.39 is 0 Å². The fourth-order valence-corrected chi connectivity index (χ4v) is 4.29. The zero-order valence-electron chi connectivity index (χ0n) is 8.73. The van der Waals surface area contributed by atoms with Gasteiger partial charge in [0.25, 0.3) is 0 Å². The minimum Gasteiger partial charge on any atom is -0.0654 e. The van der Waals surface area contributed by atoms with Gasteiger partial charge in [-0.1, -0.05) is 39.0 Å². The van der Waals surface area contributed by atoms with Crippen LogP contribution in [-0.4, -0.2) is 12.3 Å². The Morgan fingerprint density at radius 1 is 0.917 bits per heavy atom. The van der Waals surface area contributed by atoms with Gasteiger partial charge in [-0.2, -0.15) is 0 Å². The molecule has 2 heteroatoms. The van der Waals surface area contributed by atoms with E-state index in [-0.39, 0.29) is 0 Å². The second kappa shape index (κ2) is 11.9. The molecule has 0 aromatic rings. The molecule has 0 heterocycles. The predicted octanol–water partition coefficient (Wildman–Crippen LogP) is 4.37. The highest BCUT2D eigenvalue weighted by molar-refractivity contribution is 8.11. The molecule has 0 saturated heterocycles. The second-order valence-electron chi connectivity index (χ2n) is 3.33. The highest BCUT2D eigenvalue weighted by atomic mass is 32.0. The van der Waals surface area contributed by atoms with Crippen LogP contribution >= 0.6 is 16.5 Å². The van der Waals surface area contributed by atoms with Crippen molar-refractivity contribution in [2.45, 2.75) is 52.4 Å². The Balaban J connectivity index is 2.73. The van der Waals surface area contributed by atoms with Crippen molar-refractivity contribution < 1.29 is 0 Å². The van der Waals surface area contributed by atoms with Crippen LogP contribution < -0.4 is 0 Å². The van der Waals surface area contributed by atoms with Crippen molar-refractivity contribution in [3.63, 3.8) is 0 Å². The molecule has 0 bridgehead atoms. The smallest absolute Gasteiger partial charge is 0.0540 e.